The Labute approximate surface area is 95.0 Å². The summed E-state index contributed by atoms with van der Waals surface area (Å²) in [6.07, 6.45) is 1.41. The molecule has 0 aliphatic heterocycles. The van der Waals surface area contributed by atoms with Gasteiger partial charge in [-0.15, -0.1) is 0 Å². The van der Waals surface area contributed by atoms with Crippen molar-refractivity contribution >= 4 is 18.1 Å². The van der Waals surface area contributed by atoms with Gasteiger partial charge in [-0.25, -0.2) is 4.79 Å². The first-order valence-electron chi connectivity index (χ1n) is 5.12. The fourth-order valence-corrected chi connectivity index (χ4v) is 0.627. The Morgan fingerprint density at radius 1 is 1.50 bits per heavy atom. The number of Topliss-reactive ketones (excluding diaryl/α,β-unsaturated/α-hetero) is 1. The zero-order valence-electron chi connectivity index (χ0n) is 9.86. The zero-order valence-corrected chi connectivity index (χ0v) is 9.86. The molecule has 1 N–H and O–H groups in total. The summed E-state index contributed by atoms with van der Waals surface area (Å²) in [5.74, 6) is 0.113. The van der Waals surface area contributed by atoms with Crippen LogP contribution in [0.25, 0.3) is 0 Å². The molecule has 16 heavy (non-hydrogen) atoms. The van der Waals surface area contributed by atoms with Crippen LogP contribution >= 0.6 is 0 Å². The van der Waals surface area contributed by atoms with E-state index in [0.717, 1.165) is 12.6 Å². The van der Waals surface area contributed by atoms with Gasteiger partial charge in [-0.2, -0.15) is 0 Å². The van der Waals surface area contributed by atoms with E-state index < -0.39 is 6.09 Å². The van der Waals surface area contributed by atoms with Gasteiger partial charge in [0, 0.05) is 6.92 Å². The fourth-order valence-electron chi connectivity index (χ4n) is 0.627. The fraction of sp³-hybridized carbons (Fsp3) is 0.700. The molecule has 6 heteroatoms. The van der Waals surface area contributed by atoms with Crippen molar-refractivity contribution in [3.8, 4) is 0 Å². The molecule has 0 aliphatic carbocycles. The zero-order chi connectivity index (χ0) is 12.4. The van der Waals surface area contributed by atoms with E-state index in [1.807, 2.05) is 13.8 Å². The number of ether oxygens (including phenoxy) is 1. The Balaban J connectivity index is 3.47. The normalized spacial score (nSPS) is 12.2. The predicted octanol–water partition coefficient (Wildman–Crippen LogP) is 1.31. The molecule has 0 radical (unpaired) electrons. The minimum absolute atomic E-state index is 0.122. The van der Waals surface area contributed by atoms with E-state index in [1.54, 1.807) is 0 Å². The molecular formula is C10H18N2O4. The van der Waals surface area contributed by atoms with Crippen molar-refractivity contribution in [2.24, 2.45) is 11.1 Å². The Hall–Kier alpha value is -1.59. The van der Waals surface area contributed by atoms with E-state index in [-0.39, 0.29) is 12.5 Å². The molecule has 0 heterocycles. The molecule has 0 fully saturated rings. The minimum Gasteiger partial charge on any atom is -0.449 e. The lowest BCUT2D eigenvalue weighted by molar-refractivity contribution is -0.110. The number of ketones is 1. The van der Waals surface area contributed by atoms with E-state index in [4.69, 9.17) is 4.74 Å². The topological polar surface area (TPSA) is 77.0 Å². The van der Waals surface area contributed by atoms with Crippen molar-refractivity contribution in [3.05, 3.63) is 0 Å². The molecule has 1 amide bonds. The Bertz CT molecular complexity index is 253. The van der Waals surface area contributed by atoms with Crippen LogP contribution in [0.2, 0.25) is 0 Å². The van der Waals surface area contributed by atoms with Crippen LogP contribution in [0.15, 0.2) is 5.16 Å². The number of carbonyl (C=O) groups excluding carboxylic acids is 2. The van der Waals surface area contributed by atoms with Gasteiger partial charge >= 0.3 is 6.09 Å². The van der Waals surface area contributed by atoms with Crippen LogP contribution in [0.4, 0.5) is 4.79 Å². The monoisotopic (exact) mass is 230 g/mol. The third kappa shape index (κ3) is 8.98. The van der Waals surface area contributed by atoms with Crippen LogP contribution in [0.1, 0.15) is 27.2 Å². The SMILES string of the molecule is CCC(C)COC(=O)NCO/N=C/C(C)=O. The first-order valence-corrected chi connectivity index (χ1v) is 5.12. The molecule has 0 saturated heterocycles. The number of hydrogen-bond acceptors (Lipinski definition) is 5. The molecule has 0 rings (SSSR count). The van der Waals surface area contributed by atoms with Crippen LogP contribution in [0, 0.1) is 5.92 Å². The third-order valence-corrected chi connectivity index (χ3v) is 1.79. The molecule has 1 unspecified atom stereocenters. The number of nitrogens with zero attached hydrogens (tertiary/aromatic N) is 1. The van der Waals surface area contributed by atoms with Crippen LogP contribution in [-0.4, -0.2) is 31.4 Å². The number of alkyl carbamates (subject to hydrolysis) is 1. The molecule has 0 bridgehead atoms. The molecule has 0 aromatic rings. The summed E-state index contributed by atoms with van der Waals surface area (Å²) in [7, 11) is 0. The van der Waals surface area contributed by atoms with Crippen LogP contribution in [0.3, 0.4) is 0 Å². The van der Waals surface area contributed by atoms with E-state index in [0.29, 0.717) is 12.5 Å². The van der Waals surface area contributed by atoms with E-state index >= 15 is 0 Å². The molecule has 0 saturated carbocycles. The van der Waals surface area contributed by atoms with Gasteiger partial charge < -0.3 is 9.57 Å². The Kier molecular flexibility index (Phi) is 7.83. The quantitative estimate of drug-likeness (QED) is 0.309. The van der Waals surface area contributed by atoms with Gasteiger partial charge in [0.2, 0.25) is 0 Å². The molecule has 92 valence electrons. The van der Waals surface area contributed by atoms with Crippen molar-refractivity contribution in [3.63, 3.8) is 0 Å². The first kappa shape index (κ1) is 14.4. The van der Waals surface area contributed by atoms with E-state index in [9.17, 15) is 9.59 Å². The lowest BCUT2D eigenvalue weighted by atomic mass is 10.1. The second kappa shape index (κ2) is 8.70. The van der Waals surface area contributed by atoms with E-state index in [2.05, 4.69) is 15.3 Å². The molecule has 0 aromatic carbocycles. The van der Waals surface area contributed by atoms with Crippen LogP contribution in [-0.2, 0) is 14.4 Å². The summed E-state index contributed by atoms with van der Waals surface area (Å²) in [5, 5.41) is 5.64. The van der Waals surface area contributed by atoms with Crippen molar-refractivity contribution in [1.29, 1.82) is 0 Å². The average molecular weight is 230 g/mol. The van der Waals surface area contributed by atoms with Gasteiger partial charge in [0.25, 0.3) is 0 Å². The van der Waals surface area contributed by atoms with Gasteiger partial charge in [0.05, 0.1) is 6.61 Å². The number of rotatable bonds is 7. The average Bonchev–Trinajstić information content (AvgIpc) is 2.24. The molecule has 6 nitrogen and oxygen atoms in total. The lowest BCUT2D eigenvalue weighted by Crippen LogP contribution is -2.27. The summed E-state index contributed by atoms with van der Waals surface area (Å²) in [4.78, 5) is 26.0. The molecule has 0 aliphatic rings. The van der Waals surface area contributed by atoms with Gasteiger partial charge in [0.1, 0.15) is 6.21 Å². The second-order valence-electron chi connectivity index (χ2n) is 3.41. The third-order valence-electron chi connectivity index (χ3n) is 1.79. The first-order chi connectivity index (χ1) is 7.56. The van der Waals surface area contributed by atoms with Crippen LogP contribution in [0.5, 0.6) is 0 Å². The maximum absolute atomic E-state index is 11.0. The molecular weight excluding hydrogens is 212 g/mol. The standard InChI is InChI=1S/C10H18N2O4/c1-4-8(2)6-15-10(14)11-7-16-12-5-9(3)13/h5,8H,4,6-7H2,1-3H3,(H,11,14)/b12-5+. The highest BCUT2D eigenvalue weighted by Gasteiger charge is 2.04. The van der Waals surface area contributed by atoms with Gasteiger partial charge in [-0.1, -0.05) is 25.4 Å². The van der Waals surface area contributed by atoms with Gasteiger partial charge in [0.15, 0.2) is 12.5 Å². The number of oxime groups is 1. The summed E-state index contributed by atoms with van der Waals surface area (Å²) >= 11 is 0. The molecule has 1 atom stereocenters. The van der Waals surface area contributed by atoms with Crippen molar-refractivity contribution in [2.45, 2.75) is 27.2 Å². The molecule has 0 aromatic heterocycles. The van der Waals surface area contributed by atoms with E-state index in [1.165, 1.54) is 6.92 Å². The number of nitrogens with one attached hydrogen (secondary N) is 1. The Morgan fingerprint density at radius 3 is 2.75 bits per heavy atom. The molecule has 0 spiro atoms. The summed E-state index contributed by atoms with van der Waals surface area (Å²) in [5.41, 5.74) is 0. The van der Waals surface area contributed by atoms with Crippen LogP contribution < -0.4 is 5.32 Å². The minimum atomic E-state index is -0.557. The van der Waals surface area contributed by atoms with Crippen molar-refractivity contribution in [2.75, 3.05) is 13.3 Å². The maximum Gasteiger partial charge on any atom is 0.409 e. The highest BCUT2D eigenvalue weighted by Crippen LogP contribution is 2.00. The van der Waals surface area contributed by atoms with Crippen molar-refractivity contribution < 1.29 is 19.2 Å². The van der Waals surface area contributed by atoms with Crippen molar-refractivity contribution in [1.82, 2.24) is 5.32 Å². The summed E-state index contributed by atoms with van der Waals surface area (Å²) < 4.78 is 4.87. The largest absolute Gasteiger partial charge is 0.449 e. The van der Waals surface area contributed by atoms with Gasteiger partial charge in [-0.05, 0) is 5.92 Å². The summed E-state index contributed by atoms with van der Waals surface area (Å²) in [6, 6.07) is 0. The predicted molar refractivity (Wildman–Crippen MR) is 59.1 cm³/mol. The van der Waals surface area contributed by atoms with Gasteiger partial charge in [-0.3, -0.25) is 10.1 Å². The number of carbonyl (C=O) groups is 2. The number of amides is 1. The summed E-state index contributed by atoms with van der Waals surface area (Å²) in [6.45, 7) is 5.61. The Morgan fingerprint density at radius 2 is 2.19 bits per heavy atom. The highest BCUT2D eigenvalue weighted by atomic mass is 16.6. The second-order valence-corrected chi connectivity index (χ2v) is 3.41. The smallest absolute Gasteiger partial charge is 0.409 e. The number of hydrogen-bond donors (Lipinski definition) is 1. The lowest BCUT2D eigenvalue weighted by Gasteiger charge is -2.09. The maximum atomic E-state index is 11.0. The highest BCUT2D eigenvalue weighted by molar-refractivity contribution is 6.26.